The van der Waals surface area contributed by atoms with Crippen molar-refractivity contribution >= 4 is 33.3 Å². The maximum atomic E-state index is 13.3. The number of H-pyrrole nitrogens is 1. The molecule has 0 radical (unpaired) electrons. The molecule has 6 rings (SSSR count). The van der Waals surface area contributed by atoms with Crippen molar-refractivity contribution in [2.75, 3.05) is 13.1 Å². The smallest absolute Gasteiger partial charge is 0.265 e. The van der Waals surface area contributed by atoms with Crippen LogP contribution in [0.2, 0.25) is 0 Å². The molecular formula is C31H29N5O2. The molecule has 0 saturated carbocycles. The highest BCUT2D eigenvalue weighted by atomic mass is 16.2. The Morgan fingerprint density at radius 2 is 1.89 bits per heavy atom. The summed E-state index contributed by atoms with van der Waals surface area (Å²) in [6.45, 7) is 5.41. The van der Waals surface area contributed by atoms with Crippen molar-refractivity contribution in [2.24, 2.45) is 5.73 Å². The number of para-hydroxylation sites is 1. The van der Waals surface area contributed by atoms with Gasteiger partial charge in [0.25, 0.3) is 5.56 Å². The molecule has 190 valence electrons. The van der Waals surface area contributed by atoms with Crippen LogP contribution in [0, 0.1) is 6.92 Å². The Balaban J connectivity index is 1.49. The summed E-state index contributed by atoms with van der Waals surface area (Å²) in [7, 11) is 0. The van der Waals surface area contributed by atoms with Gasteiger partial charge < -0.3 is 15.6 Å². The molecule has 2 aromatic heterocycles. The summed E-state index contributed by atoms with van der Waals surface area (Å²) in [6.07, 6.45) is 4.53. The molecule has 0 fully saturated rings. The number of benzene rings is 3. The van der Waals surface area contributed by atoms with Crippen molar-refractivity contribution in [3.8, 4) is 16.8 Å². The molecule has 0 bridgehead atoms. The van der Waals surface area contributed by atoms with Crippen LogP contribution in [0.3, 0.4) is 0 Å². The standard InChI is InChI=1S/C31H29N5O2/c1-19-23(7-5-9-29(19)36-18-33-27-8-4-3-6-25(27)31(36)38)24-11-10-22(17-32)30-26(24)16-28(34-30)21-12-14-35(15-13-21)20(2)37/h3-12,16,18,34H,13-15,17,32H2,1-2H3. The maximum absolute atomic E-state index is 13.3. The Labute approximate surface area is 220 Å². The normalized spacial score (nSPS) is 13.8. The lowest BCUT2D eigenvalue weighted by Crippen LogP contribution is -2.32. The minimum absolute atomic E-state index is 0.0905. The van der Waals surface area contributed by atoms with E-state index in [1.807, 2.05) is 48.2 Å². The quantitative estimate of drug-likeness (QED) is 0.363. The summed E-state index contributed by atoms with van der Waals surface area (Å²) in [5.41, 5.74) is 14.9. The number of hydrogen-bond donors (Lipinski definition) is 2. The summed E-state index contributed by atoms with van der Waals surface area (Å²) < 4.78 is 1.63. The second kappa shape index (κ2) is 9.43. The Morgan fingerprint density at radius 1 is 1.05 bits per heavy atom. The molecule has 1 aliphatic heterocycles. The van der Waals surface area contributed by atoms with Gasteiger partial charge in [-0.2, -0.15) is 0 Å². The molecule has 5 aromatic rings. The highest BCUT2D eigenvalue weighted by molar-refractivity contribution is 6.00. The number of nitrogens with one attached hydrogen (secondary N) is 1. The second-order valence-electron chi connectivity index (χ2n) is 9.78. The van der Waals surface area contributed by atoms with E-state index in [9.17, 15) is 9.59 Å². The largest absolute Gasteiger partial charge is 0.355 e. The van der Waals surface area contributed by atoms with E-state index in [-0.39, 0.29) is 11.5 Å². The van der Waals surface area contributed by atoms with Gasteiger partial charge in [0.2, 0.25) is 5.91 Å². The van der Waals surface area contributed by atoms with Crippen LogP contribution < -0.4 is 11.3 Å². The lowest BCUT2D eigenvalue weighted by molar-refractivity contribution is -0.128. The third-order valence-corrected chi connectivity index (χ3v) is 7.62. The first-order valence-electron chi connectivity index (χ1n) is 12.8. The third kappa shape index (κ3) is 3.92. The van der Waals surface area contributed by atoms with Crippen LogP contribution in [0.4, 0.5) is 0 Å². The van der Waals surface area contributed by atoms with E-state index in [1.165, 1.54) is 5.57 Å². The fourth-order valence-electron chi connectivity index (χ4n) is 5.47. The summed E-state index contributed by atoms with van der Waals surface area (Å²) in [4.78, 5) is 35.1. The van der Waals surface area contributed by atoms with Crippen molar-refractivity contribution in [1.82, 2.24) is 19.4 Å². The highest BCUT2D eigenvalue weighted by Gasteiger charge is 2.19. The second-order valence-corrected chi connectivity index (χ2v) is 9.78. The van der Waals surface area contributed by atoms with Gasteiger partial charge in [0.05, 0.1) is 22.1 Å². The number of amides is 1. The van der Waals surface area contributed by atoms with Gasteiger partial charge in [-0.3, -0.25) is 14.2 Å². The molecule has 1 aliphatic rings. The average Bonchev–Trinajstić information content (AvgIpc) is 3.39. The zero-order valence-electron chi connectivity index (χ0n) is 21.5. The van der Waals surface area contributed by atoms with Gasteiger partial charge in [0.15, 0.2) is 0 Å². The van der Waals surface area contributed by atoms with Crippen molar-refractivity contribution in [2.45, 2.75) is 26.8 Å². The molecule has 0 saturated heterocycles. The van der Waals surface area contributed by atoms with Gasteiger partial charge >= 0.3 is 0 Å². The fourth-order valence-corrected chi connectivity index (χ4v) is 5.47. The molecule has 7 heteroatoms. The molecule has 38 heavy (non-hydrogen) atoms. The van der Waals surface area contributed by atoms with Crippen LogP contribution in [0.15, 0.2) is 77.9 Å². The lowest BCUT2D eigenvalue weighted by Gasteiger charge is -2.24. The number of carbonyl (C=O) groups excluding carboxylic acids is 1. The number of rotatable bonds is 4. The van der Waals surface area contributed by atoms with E-state index < -0.39 is 0 Å². The predicted molar refractivity (Wildman–Crippen MR) is 152 cm³/mol. The fraction of sp³-hybridized carbons (Fsp3) is 0.194. The van der Waals surface area contributed by atoms with Crippen LogP contribution >= 0.6 is 0 Å². The number of carbonyl (C=O) groups is 1. The van der Waals surface area contributed by atoms with Gasteiger partial charge in [0, 0.05) is 37.6 Å². The molecule has 3 aromatic carbocycles. The molecular weight excluding hydrogens is 474 g/mol. The number of nitrogens with two attached hydrogens (primary N) is 1. The number of nitrogens with zero attached hydrogens (tertiary/aromatic N) is 3. The summed E-state index contributed by atoms with van der Waals surface area (Å²) in [5.74, 6) is 0.0979. The first kappa shape index (κ1) is 23.9. The Kier molecular flexibility index (Phi) is 5.93. The van der Waals surface area contributed by atoms with E-state index in [0.717, 1.165) is 51.0 Å². The van der Waals surface area contributed by atoms with Crippen LogP contribution in [0.1, 0.15) is 30.2 Å². The van der Waals surface area contributed by atoms with Crippen LogP contribution in [-0.2, 0) is 11.3 Å². The van der Waals surface area contributed by atoms with Crippen LogP contribution in [-0.4, -0.2) is 38.4 Å². The molecule has 7 nitrogen and oxygen atoms in total. The Bertz CT molecular complexity index is 1810. The average molecular weight is 504 g/mol. The first-order chi connectivity index (χ1) is 18.5. The molecule has 1 amide bonds. The number of fused-ring (bicyclic) bond motifs is 2. The predicted octanol–water partition coefficient (Wildman–Crippen LogP) is 4.94. The molecule has 0 unspecified atom stereocenters. The van der Waals surface area contributed by atoms with Crippen LogP contribution in [0.5, 0.6) is 0 Å². The zero-order valence-corrected chi connectivity index (χ0v) is 21.5. The minimum atomic E-state index is -0.0905. The van der Waals surface area contributed by atoms with Gasteiger partial charge in [-0.1, -0.05) is 42.5 Å². The topological polar surface area (TPSA) is 97.0 Å². The minimum Gasteiger partial charge on any atom is -0.355 e. The van der Waals surface area contributed by atoms with E-state index >= 15 is 0 Å². The molecule has 3 heterocycles. The van der Waals surface area contributed by atoms with E-state index in [1.54, 1.807) is 17.8 Å². The molecule has 3 N–H and O–H groups in total. The monoisotopic (exact) mass is 503 g/mol. The van der Waals surface area contributed by atoms with Gasteiger partial charge in [-0.15, -0.1) is 0 Å². The van der Waals surface area contributed by atoms with Crippen molar-refractivity contribution in [3.05, 3.63) is 100 Å². The summed E-state index contributed by atoms with van der Waals surface area (Å²) in [5, 5.41) is 1.68. The van der Waals surface area contributed by atoms with Crippen molar-refractivity contribution in [1.29, 1.82) is 0 Å². The zero-order chi connectivity index (χ0) is 26.4. The first-order valence-corrected chi connectivity index (χ1v) is 12.8. The highest BCUT2D eigenvalue weighted by Crippen LogP contribution is 2.37. The van der Waals surface area contributed by atoms with E-state index in [2.05, 4.69) is 40.3 Å². The third-order valence-electron chi connectivity index (χ3n) is 7.62. The van der Waals surface area contributed by atoms with E-state index in [0.29, 0.717) is 30.5 Å². The summed E-state index contributed by atoms with van der Waals surface area (Å²) in [6, 6.07) is 19.8. The van der Waals surface area contributed by atoms with Gasteiger partial charge in [-0.25, -0.2) is 4.98 Å². The van der Waals surface area contributed by atoms with Crippen LogP contribution in [0.25, 0.3) is 44.2 Å². The Morgan fingerprint density at radius 3 is 2.66 bits per heavy atom. The molecule has 0 spiro atoms. The number of hydrogen-bond acceptors (Lipinski definition) is 4. The lowest BCUT2D eigenvalue weighted by atomic mass is 9.94. The summed E-state index contributed by atoms with van der Waals surface area (Å²) >= 11 is 0. The number of aromatic amines is 1. The Hall–Kier alpha value is -4.49. The maximum Gasteiger partial charge on any atom is 0.265 e. The van der Waals surface area contributed by atoms with E-state index in [4.69, 9.17) is 5.73 Å². The van der Waals surface area contributed by atoms with Gasteiger partial charge in [-0.05, 0) is 65.4 Å². The molecule has 0 atom stereocenters. The SMILES string of the molecule is CC(=O)N1CC=C(c2cc3c(-c4cccc(-n5cnc6ccccc6c5=O)c4C)ccc(CN)c3[nH]2)CC1. The van der Waals surface area contributed by atoms with Crippen molar-refractivity contribution in [3.63, 3.8) is 0 Å². The van der Waals surface area contributed by atoms with Gasteiger partial charge in [0.1, 0.15) is 6.33 Å². The number of aromatic nitrogens is 3. The molecule has 0 aliphatic carbocycles. The van der Waals surface area contributed by atoms with Crippen molar-refractivity contribution < 1.29 is 4.79 Å².